The molecule has 0 bridgehead atoms. The quantitative estimate of drug-likeness (QED) is 0.571. The molecule has 1 fully saturated rings. The predicted octanol–water partition coefficient (Wildman–Crippen LogP) is 5.91. The fourth-order valence-corrected chi connectivity index (χ4v) is 3.73. The fourth-order valence-electron chi connectivity index (χ4n) is 3.73. The maximum atomic E-state index is 2.45. The average Bonchev–Trinajstić information content (AvgIpc) is 2.15. The van der Waals surface area contributed by atoms with Crippen LogP contribution in [0.1, 0.15) is 80.1 Å². The molecule has 0 aromatic carbocycles. The van der Waals surface area contributed by atoms with Crippen molar-refractivity contribution < 1.29 is 0 Å². The molecule has 1 aliphatic rings. The summed E-state index contributed by atoms with van der Waals surface area (Å²) in [7, 11) is 0. The van der Waals surface area contributed by atoms with Crippen LogP contribution in [-0.2, 0) is 0 Å². The zero-order valence-electron chi connectivity index (χ0n) is 13.1. The lowest BCUT2D eigenvalue weighted by atomic mass is 9.68. The van der Waals surface area contributed by atoms with Crippen molar-refractivity contribution in [3.8, 4) is 0 Å². The summed E-state index contributed by atoms with van der Waals surface area (Å²) < 4.78 is 0. The van der Waals surface area contributed by atoms with Crippen molar-refractivity contribution in [3.05, 3.63) is 0 Å². The summed E-state index contributed by atoms with van der Waals surface area (Å²) in [5.74, 6) is 3.81. The van der Waals surface area contributed by atoms with Crippen LogP contribution in [0.2, 0.25) is 0 Å². The van der Waals surface area contributed by atoms with Gasteiger partial charge in [-0.15, -0.1) is 0 Å². The van der Waals surface area contributed by atoms with Crippen molar-refractivity contribution in [2.75, 3.05) is 0 Å². The van der Waals surface area contributed by atoms with Crippen molar-refractivity contribution in [1.82, 2.24) is 0 Å². The van der Waals surface area contributed by atoms with E-state index in [9.17, 15) is 0 Å². The molecule has 0 saturated heterocycles. The van der Waals surface area contributed by atoms with Crippen LogP contribution in [0.5, 0.6) is 0 Å². The highest BCUT2D eigenvalue weighted by molar-refractivity contribution is 4.81. The van der Waals surface area contributed by atoms with Crippen LogP contribution in [-0.4, -0.2) is 0 Å². The first kappa shape index (κ1) is 15.1. The van der Waals surface area contributed by atoms with Gasteiger partial charge in [-0.1, -0.05) is 54.4 Å². The second-order valence-electron chi connectivity index (χ2n) is 8.05. The summed E-state index contributed by atoms with van der Waals surface area (Å²) in [5.41, 5.74) is 0.536. The fraction of sp³-hybridized carbons (Fsp3) is 1.00. The Kier molecular flexibility index (Phi) is 5.54. The van der Waals surface area contributed by atoms with Crippen molar-refractivity contribution in [2.45, 2.75) is 80.1 Å². The van der Waals surface area contributed by atoms with E-state index in [4.69, 9.17) is 0 Å². The third-order valence-electron chi connectivity index (χ3n) is 4.68. The monoisotopic (exact) mass is 238 g/mol. The molecule has 0 heterocycles. The first-order valence-electron chi connectivity index (χ1n) is 7.79. The van der Waals surface area contributed by atoms with E-state index in [1.54, 1.807) is 0 Å². The third kappa shape index (κ3) is 5.44. The molecule has 102 valence electrons. The minimum Gasteiger partial charge on any atom is -0.0628 e. The number of hydrogen-bond donors (Lipinski definition) is 0. The van der Waals surface area contributed by atoms with Crippen LogP contribution < -0.4 is 0 Å². The van der Waals surface area contributed by atoms with Crippen molar-refractivity contribution in [3.63, 3.8) is 0 Å². The first-order valence-corrected chi connectivity index (χ1v) is 7.79. The Labute approximate surface area is 110 Å². The topological polar surface area (TPSA) is 0 Å². The van der Waals surface area contributed by atoms with Gasteiger partial charge in [-0.25, -0.2) is 0 Å². The highest BCUT2D eigenvalue weighted by atomic mass is 14.4. The molecule has 0 N–H and O–H groups in total. The average molecular weight is 238 g/mol. The number of rotatable bonds is 4. The summed E-state index contributed by atoms with van der Waals surface area (Å²) in [5, 5.41) is 0. The maximum absolute atomic E-state index is 2.45. The molecule has 0 amide bonds. The normalized spacial score (nSPS) is 28.4. The van der Waals surface area contributed by atoms with Gasteiger partial charge < -0.3 is 0 Å². The van der Waals surface area contributed by atoms with Gasteiger partial charge in [-0.3, -0.25) is 0 Å². The zero-order chi connectivity index (χ0) is 13.1. The highest BCUT2D eigenvalue weighted by Crippen LogP contribution is 2.41. The standard InChI is InChI=1S/C17H34/c1-13(2)11-14(3)12-15-7-9-16(10-8-15)17(4,5)6/h13-16H,7-12H2,1-6H3. The molecule has 0 aromatic rings. The van der Waals surface area contributed by atoms with Gasteiger partial charge in [-0.05, 0) is 54.8 Å². The van der Waals surface area contributed by atoms with Gasteiger partial charge in [0.2, 0.25) is 0 Å². The van der Waals surface area contributed by atoms with Gasteiger partial charge in [0, 0.05) is 0 Å². The van der Waals surface area contributed by atoms with Crippen LogP contribution in [0, 0.1) is 29.1 Å². The smallest absolute Gasteiger partial charge is 0.0354 e. The van der Waals surface area contributed by atoms with E-state index in [0.717, 1.165) is 23.7 Å². The van der Waals surface area contributed by atoms with Crippen LogP contribution in [0.3, 0.4) is 0 Å². The Bertz CT molecular complexity index is 201. The van der Waals surface area contributed by atoms with Crippen LogP contribution in [0.15, 0.2) is 0 Å². The Morgan fingerprint density at radius 3 is 1.88 bits per heavy atom. The van der Waals surface area contributed by atoms with E-state index in [2.05, 4.69) is 41.5 Å². The second kappa shape index (κ2) is 6.25. The lowest BCUT2D eigenvalue weighted by molar-refractivity contribution is 0.138. The van der Waals surface area contributed by atoms with Gasteiger partial charge in [-0.2, -0.15) is 0 Å². The lowest BCUT2D eigenvalue weighted by Gasteiger charge is -2.37. The van der Waals surface area contributed by atoms with Crippen LogP contribution in [0.4, 0.5) is 0 Å². The molecule has 0 nitrogen and oxygen atoms in total. The Morgan fingerprint density at radius 1 is 0.941 bits per heavy atom. The van der Waals surface area contributed by atoms with E-state index in [1.165, 1.54) is 38.5 Å². The molecule has 1 aliphatic carbocycles. The van der Waals surface area contributed by atoms with E-state index in [0.29, 0.717) is 5.41 Å². The molecular weight excluding hydrogens is 204 g/mol. The largest absolute Gasteiger partial charge is 0.0628 e. The highest BCUT2D eigenvalue weighted by Gasteiger charge is 2.30. The molecule has 1 atom stereocenters. The van der Waals surface area contributed by atoms with Gasteiger partial charge in [0.05, 0.1) is 0 Å². The molecule has 0 spiro atoms. The van der Waals surface area contributed by atoms with Crippen molar-refractivity contribution in [2.24, 2.45) is 29.1 Å². The van der Waals surface area contributed by atoms with Gasteiger partial charge in [0.15, 0.2) is 0 Å². The van der Waals surface area contributed by atoms with Crippen LogP contribution >= 0.6 is 0 Å². The molecule has 1 unspecified atom stereocenters. The lowest BCUT2D eigenvalue weighted by Crippen LogP contribution is -2.26. The van der Waals surface area contributed by atoms with E-state index in [1.807, 2.05) is 0 Å². The third-order valence-corrected chi connectivity index (χ3v) is 4.68. The molecule has 1 saturated carbocycles. The predicted molar refractivity (Wildman–Crippen MR) is 78.1 cm³/mol. The van der Waals surface area contributed by atoms with E-state index < -0.39 is 0 Å². The zero-order valence-corrected chi connectivity index (χ0v) is 13.1. The molecule has 1 rings (SSSR count). The van der Waals surface area contributed by atoms with Crippen LogP contribution in [0.25, 0.3) is 0 Å². The molecule has 17 heavy (non-hydrogen) atoms. The summed E-state index contributed by atoms with van der Waals surface area (Å²) in [4.78, 5) is 0. The second-order valence-corrected chi connectivity index (χ2v) is 8.05. The van der Waals surface area contributed by atoms with E-state index in [-0.39, 0.29) is 0 Å². The van der Waals surface area contributed by atoms with Gasteiger partial charge >= 0.3 is 0 Å². The van der Waals surface area contributed by atoms with E-state index >= 15 is 0 Å². The SMILES string of the molecule is CC(C)CC(C)CC1CCC(C(C)(C)C)CC1. The first-order chi connectivity index (χ1) is 7.79. The Hall–Kier alpha value is 0. The summed E-state index contributed by atoms with van der Waals surface area (Å²) in [6, 6.07) is 0. The molecule has 0 aliphatic heterocycles. The molecule has 0 heteroatoms. The summed E-state index contributed by atoms with van der Waals surface area (Å²) >= 11 is 0. The molecule has 0 radical (unpaired) electrons. The minimum absolute atomic E-state index is 0.536. The summed E-state index contributed by atoms with van der Waals surface area (Å²) in [6.07, 6.45) is 8.83. The van der Waals surface area contributed by atoms with Crippen molar-refractivity contribution in [1.29, 1.82) is 0 Å². The summed E-state index contributed by atoms with van der Waals surface area (Å²) in [6.45, 7) is 14.4. The Morgan fingerprint density at radius 2 is 1.47 bits per heavy atom. The Balaban J connectivity index is 2.28. The van der Waals surface area contributed by atoms with Gasteiger partial charge in [0.25, 0.3) is 0 Å². The minimum atomic E-state index is 0.536. The molecule has 0 aromatic heterocycles. The molecular formula is C17H34. The number of hydrogen-bond acceptors (Lipinski definition) is 0. The van der Waals surface area contributed by atoms with Gasteiger partial charge in [0.1, 0.15) is 0 Å². The van der Waals surface area contributed by atoms with Crippen molar-refractivity contribution >= 4 is 0 Å². The maximum Gasteiger partial charge on any atom is -0.0354 e.